The van der Waals surface area contributed by atoms with Crippen LogP contribution in [-0.4, -0.2) is 24.0 Å². The lowest BCUT2D eigenvalue weighted by Crippen LogP contribution is -2.30. The van der Waals surface area contributed by atoms with Gasteiger partial charge in [-0.05, 0) is 49.6 Å². The smallest absolute Gasteiger partial charge is 0.357 e. The second kappa shape index (κ2) is 7.92. The second-order valence-corrected chi connectivity index (χ2v) is 6.70. The molecule has 156 valence electrons. The van der Waals surface area contributed by atoms with Crippen LogP contribution in [-0.2, 0) is 12.4 Å². The van der Waals surface area contributed by atoms with Gasteiger partial charge >= 0.3 is 12.4 Å². The highest BCUT2D eigenvalue weighted by Gasteiger charge is 2.37. The number of aromatic nitrogens is 1. The van der Waals surface area contributed by atoms with E-state index in [9.17, 15) is 31.1 Å². The number of benzene rings is 1. The lowest BCUT2D eigenvalue weighted by atomic mass is 10.0. The Kier molecular flexibility index (Phi) is 5.72. The number of rotatable bonds is 3. The Hall–Kier alpha value is -2.78. The molecular formula is C19H17F6N3O. The van der Waals surface area contributed by atoms with Crippen molar-refractivity contribution in [2.45, 2.75) is 31.6 Å². The molecule has 1 N–H and O–H groups in total. The molecule has 1 amide bonds. The van der Waals surface area contributed by atoms with Crippen LogP contribution in [0, 0.1) is 0 Å². The number of anilines is 2. The molecule has 1 aliphatic heterocycles. The molecule has 2 heterocycles. The van der Waals surface area contributed by atoms with Crippen LogP contribution < -0.4 is 10.2 Å². The average molecular weight is 417 g/mol. The Labute approximate surface area is 162 Å². The fraction of sp³-hybridized carbons (Fsp3) is 0.368. The molecule has 1 fully saturated rings. The summed E-state index contributed by atoms with van der Waals surface area (Å²) in [6, 6.07) is 3.91. The van der Waals surface area contributed by atoms with Crippen molar-refractivity contribution in [3.05, 3.63) is 53.2 Å². The summed E-state index contributed by atoms with van der Waals surface area (Å²) in [4.78, 5) is 18.6. The normalized spacial score (nSPS) is 15.3. The fourth-order valence-corrected chi connectivity index (χ4v) is 3.06. The second-order valence-electron chi connectivity index (χ2n) is 6.70. The van der Waals surface area contributed by atoms with Crippen molar-refractivity contribution >= 4 is 17.4 Å². The van der Waals surface area contributed by atoms with E-state index in [1.165, 1.54) is 12.3 Å². The molecule has 0 saturated carbocycles. The maximum absolute atomic E-state index is 12.9. The molecule has 10 heteroatoms. The van der Waals surface area contributed by atoms with Gasteiger partial charge in [0.1, 0.15) is 5.82 Å². The molecule has 0 atom stereocenters. The van der Waals surface area contributed by atoms with Gasteiger partial charge < -0.3 is 10.2 Å². The van der Waals surface area contributed by atoms with E-state index in [0.29, 0.717) is 18.0 Å². The largest absolute Gasteiger partial charge is 0.416 e. The average Bonchev–Trinajstić information content (AvgIpc) is 2.67. The lowest BCUT2D eigenvalue weighted by Gasteiger charge is -2.27. The minimum Gasteiger partial charge on any atom is -0.357 e. The van der Waals surface area contributed by atoms with E-state index in [1.807, 2.05) is 0 Å². The highest BCUT2D eigenvalue weighted by molar-refractivity contribution is 6.04. The fourth-order valence-electron chi connectivity index (χ4n) is 3.06. The molecule has 0 spiro atoms. The Bertz CT molecular complexity index is 839. The van der Waals surface area contributed by atoms with Crippen molar-refractivity contribution in [2.75, 3.05) is 23.3 Å². The van der Waals surface area contributed by atoms with E-state index in [2.05, 4.69) is 15.2 Å². The van der Waals surface area contributed by atoms with Crippen LogP contribution in [0.15, 0.2) is 36.5 Å². The van der Waals surface area contributed by atoms with E-state index >= 15 is 0 Å². The number of alkyl halides is 6. The highest BCUT2D eigenvalue weighted by Crippen LogP contribution is 2.36. The van der Waals surface area contributed by atoms with Crippen molar-refractivity contribution < 1.29 is 31.1 Å². The van der Waals surface area contributed by atoms with Crippen molar-refractivity contribution in [1.82, 2.24) is 4.98 Å². The van der Waals surface area contributed by atoms with Gasteiger partial charge in [-0.25, -0.2) is 4.98 Å². The van der Waals surface area contributed by atoms with Crippen LogP contribution in [0.2, 0.25) is 0 Å². The van der Waals surface area contributed by atoms with E-state index < -0.39 is 35.0 Å². The molecule has 1 aromatic heterocycles. The molecule has 1 aromatic carbocycles. The maximum Gasteiger partial charge on any atom is 0.416 e. The van der Waals surface area contributed by atoms with Gasteiger partial charge in [0, 0.05) is 18.7 Å². The third-order valence-electron chi connectivity index (χ3n) is 4.54. The summed E-state index contributed by atoms with van der Waals surface area (Å²) < 4.78 is 77.6. The first-order chi connectivity index (χ1) is 13.5. The SMILES string of the molecule is O=C(Nc1ccc(N2CCCCC2)nc1)c1cc(C(F)(F)F)cc(C(F)(F)F)c1. The predicted octanol–water partition coefficient (Wildman–Crippen LogP) is 5.36. The summed E-state index contributed by atoms with van der Waals surface area (Å²) in [5, 5.41) is 2.29. The molecule has 4 nitrogen and oxygen atoms in total. The Morgan fingerprint density at radius 1 is 0.897 bits per heavy atom. The summed E-state index contributed by atoms with van der Waals surface area (Å²) in [5.41, 5.74) is -3.67. The maximum atomic E-state index is 12.9. The number of hydrogen-bond donors (Lipinski definition) is 1. The molecule has 0 radical (unpaired) electrons. The van der Waals surface area contributed by atoms with Gasteiger partial charge in [0.25, 0.3) is 5.91 Å². The molecule has 3 rings (SSSR count). The predicted molar refractivity (Wildman–Crippen MR) is 94.7 cm³/mol. The van der Waals surface area contributed by atoms with Crippen LogP contribution in [0.4, 0.5) is 37.8 Å². The molecule has 0 aliphatic carbocycles. The number of pyridine rings is 1. The Balaban J connectivity index is 1.81. The van der Waals surface area contributed by atoms with Crippen molar-refractivity contribution in [2.24, 2.45) is 0 Å². The third kappa shape index (κ3) is 5.18. The van der Waals surface area contributed by atoms with Gasteiger partial charge in [-0.3, -0.25) is 4.79 Å². The van der Waals surface area contributed by atoms with E-state index in [4.69, 9.17) is 0 Å². The van der Waals surface area contributed by atoms with Crippen molar-refractivity contribution in [1.29, 1.82) is 0 Å². The van der Waals surface area contributed by atoms with Crippen LogP contribution in [0.25, 0.3) is 0 Å². The van der Waals surface area contributed by atoms with Crippen LogP contribution in [0.3, 0.4) is 0 Å². The Morgan fingerprint density at radius 2 is 1.48 bits per heavy atom. The number of carbonyl (C=O) groups excluding carboxylic acids is 1. The number of nitrogens with one attached hydrogen (secondary N) is 1. The number of nitrogens with zero attached hydrogens (tertiary/aromatic N) is 2. The van der Waals surface area contributed by atoms with E-state index in [-0.39, 0.29) is 11.8 Å². The van der Waals surface area contributed by atoms with Gasteiger partial charge in [0.15, 0.2) is 0 Å². The molecule has 0 unspecified atom stereocenters. The summed E-state index contributed by atoms with van der Waals surface area (Å²) in [7, 11) is 0. The first kappa shape index (κ1) is 20.9. The number of amides is 1. The molecule has 2 aromatic rings. The molecular weight excluding hydrogens is 400 g/mol. The first-order valence-electron chi connectivity index (χ1n) is 8.86. The number of halogens is 6. The van der Waals surface area contributed by atoms with Gasteiger partial charge in [0.05, 0.1) is 23.0 Å². The van der Waals surface area contributed by atoms with Gasteiger partial charge in [-0.15, -0.1) is 0 Å². The summed E-state index contributed by atoms with van der Waals surface area (Å²) in [5.74, 6) is -0.393. The van der Waals surface area contributed by atoms with Gasteiger partial charge in [-0.2, -0.15) is 26.3 Å². The highest BCUT2D eigenvalue weighted by atomic mass is 19.4. The topological polar surface area (TPSA) is 45.2 Å². The minimum atomic E-state index is -5.02. The first-order valence-corrected chi connectivity index (χ1v) is 8.86. The summed E-state index contributed by atoms with van der Waals surface area (Å²) in [6.45, 7) is 1.70. The zero-order valence-electron chi connectivity index (χ0n) is 15.1. The minimum absolute atomic E-state index is 0.0221. The van der Waals surface area contributed by atoms with Crippen molar-refractivity contribution in [3.8, 4) is 0 Å². The van der Waals surface area contributed by atoms with E-state index in [1.54, 1.807) is 6.07 Å². The number of hydrogen-bond acceptors (Lipinski definition) is 3. The van der Waals surface area contributed by atoms with E-state index in [0.717, 1.165) is 32.4 Å². The number of carbonyl (C=O) groups is 1. The molecule has 29 heavy (non-hydrogen) atoms. The lowest BCUT2D eigenvalue weighted by molar-refractivity contribution is -0.143. The van der Waals surface area contributed by atoms with Crippen LogP contribution >= 0.6 is 0 Å². The van der Waals surface area contributed by atoms with Crippen molar-refractivity contribution in [3.63, 3.8) is 0 Å². The van der Waals surface area contributed by atoms with Crippen LogP contribution in [0.5, 0.6) is 0 Å². The zero-order valence-corrected chi connectivity index (χ0v) is 15.1. The third-order valence-corrected chi connectivity index (χ3v) is 4.54. The number of piperidine rings is 1. The summed E-state index contributed by atoms with van der Waals surface area (Å²) in [6.07, 6.45) is -5.50. The standard InChI is InChI=1S/C19H17F6N3O/c20-18(21,22)13-8-12(9-14(10-13)19(23,24)25)17(29)27-15-4-5-16(26-11-15)28-6-2-1-3-7-28/h4-5,8-11H,1-3,6-7H2,(H,27,29). The summed E-state index contributed by atoms with van der Waals surface area (Å²) >= 11 is 0. The van der Waals surface area contributed by atoms with Gasteiger partial charge in [-0.1, -0.05) is 0 Å². The quantitative estimate of drug-likeness (QED) is 0.684. The molecule has 0 bridgehead atoms. The van der Waals surface area contributed by atoms with Crippen LogP contribution in [0.1, 0.15) is 40.7 Å². The zero-order chi connectivity index (χ0) is 21.2. The Morgan fingerprint density at radius 3 is 1.97 bits per heavy atom. The monoisotopic (exact) mass is 417 g/mol. The van der Waals surface area contributed by atoms with Gasteiger partial charge in [0.2, 0.25) is 0 Å². The molecule has 1 saturated heterocycles. The molecule has 1 aliphatic rings.